The van der Waals surface area contributed by atoms with Crippen LogP contribution in [0.1, 0.15) is 38.5 Å². The summed E-state index contributed by atoms with van der Waals surface area (Å²) < 4.78 is 5.11. The fraction of sp³-hybridized carbons (Fsp3) is 0.500. The Balaban J connectivity index is 1.50. The van der Waals surface area contributed by atoms with E-state index >= 15 is 0 Å². The Morgan fingerprint density at radius 3 is 2.76 bits per heavy atom. The maximum atomic E-state index is 12.4. The summed E-state index contributed by atoms with van der Waals surface area (Å²) in [4.78, 5) is 26.5. The molecule has 0 bridgehead atoms. The van der Waals surface area contributed by atoms with Crippen LogP contribution in [0.4, 0.5) is 5.69 Å². The van der Waals surface area contributed by atoms with E-state index in [0.717, 1.165) is 37.2 Å². The van der Waals surface area contributed by atoms with E-state index in [9.17, 15) is 9.59 Å². The molecule has 134 valence electrons. The summed E-state index contributed by atoms with van der Waals surface area (Å²) in [6, 6.07) is 7.22. The van der Waals surface area contributed by atoms with Crippen molar-refractivity contribution in [2.24, 2.45) is 5.92 Å². The zero-order chi connectivity index (χ0) is 17.6. The van der Waals surface area contributed by atoms with E-state index in [-0.39, 0.29) is 17.7 Å². The predicted octanol–water partition coefficient (Wildman–Crippen LogP) is 3.37. The minimum atomic E-state index is -0.269. The first-order chi connectivity index (χ1) is 12.2. The van der Waals surface area contributed by atoms with Crippen molar-refractivity contribution in [1.82, 2.24) is 4.90 Å². The number of carbonyl (C=O) groups is 2. The number of carbonyl (C=O) groups excluding carboxylic acids is 2. The maximum Gasteiger partial charge on any atom is 0.229 e. The summed E-state index contributed by atoms with van der Waals surface area (Å²) in [7, 11) is 1.61. The first-order valence-electron chi connectivity index (χ1n) is 9.06. The summed E-state index contributed by atoms with van der Waals surface area (Å²) in [5.41, 5.74) is 2.19. The number of anilines is 1. The molecule has 2 aliphatic rings. The molecule has 1 fully saturated rings. The average Bonchev–Trinajstić information content (AvgIpc) is 3.02. The van der Waals surface area contributed by atoms with Crippen LogP contribution in [-0.2, 0) is 9.59 Å². The number of amides is 2. The number of hydrogen-bond donors (Lipinski definition) is 1. The van der Waals surface area contributed by atoms with Gasteiger partial charge < -0.3 is 15.0 Å². The molecule has 0 radical (unpaired) electrons. The van der Waals surface area contributed by atoms with Gasteiger partial charge in [0.05, 0.1) is 13.0 Å². The lowest BCUT2D eigenvalue weighted by Gasteiger charge is -2.19. The Morgan fingerprint density at radius 1 is 1.28 bits per heavy atom. The highest BCUT2D eigenvalue weighted by Gasteiger charge is 2.34. The van der Waals surface area contributed by atoms with E-state index in [1.165, 1.54) is 18.4 Å². The molecule has 0 saturated carbocycles. The third kappa shape index (κ3) is 4.62. The second kappa shape index (κ2) is 8.19. The predicted molar refractivity (Wildman–Crippen MR) is 97.5 cm³/mol. The van der Waals surface area contributed by atoms with Crippen LogP contribution in [0.25, 0.3) is 0 Å². The fourth-order valence-electron chi connectivity index (χ4n) is 3.49. The van der Waals surface area contributed by atoms with E-state index in [0.29, 0.717) is 13.0 Å². The molecule has 3 rings (SSSR count). The van der Waals surface area contributed by atoms with Crippen molar-refractivity contribution in [2.75, 3.05) is 25.5 Å². The van der Waals surface area contributed by atoms with E-state index in [4.69, 9.17) is 4.74 Å². The Morgan fingerprint density at radius 2 is 2.08 bits per heavy atom. The molecule has 1 aromatic rings. The molecule has 2 amide bonds. The van der Waals surface area contributed by atoms with Gasteiger partial charge in [-0.15, -0.1) is 0 Å². The van der Waals surface area contributed by atoms with E-state index in [1.807, 2.05) is 4.90 Å². The average molecular weight is 342 g/mol. The molecule has 5 nitrogen and oxygen atoms in total. The number of benzene rings is 1. The van der Waals surface area contributed by atoms with Crippen molar-refractivity contribution >= 4 is 17.5 Å². The summed E-state index contributed by atoms with van der Waals surface area (Å²) in [5, 5.41) is 2.90. The minimum Gasteiger partial charge on any atom is -0.497 e. The summed E-state index contributed by atoms with van der Waals surface area (Å²) in [5.74, 6) is 0.483. The van der Waals surface area contributed by atoms with E-state index in [2.05, 4.69) is 11.4 Å². The number of rotatable bonds is 6. The first kappa shape index (κ1) is 17.5. The molecule has 1 N–H and O–H groups in total. The SMILES string of the molecule is COc1ccc(NC(=O)C2CC(=O)N(CCC3=CCCCC3)C2)cc1. The number of likely N-dealkylation sites (tertiary alicyclic amines) is 1. The number of methoxy groups -OCH3 is 1. The molecule has 5 heteroatoms. The van der Waals surface area contributed by atoms with Crippen molar-refractivity contribution in [3.05, 3.63) is 35.9 Å². The number of nitrogens with zero attached hydrogens (tertiary/aromatic N) is 1. The number of allylic oxidation sites excluding steroid dienone is 1. The minimum absolute atomic E-state index is 0.0853. The van der Waals surface area contributed by atoms with Gasteiger partial charge in [-0.3, -0.25) is 9.59 Å². The smallest absolute Gasteiger partial charge is 0.229 e. The molecular formula is C20H26N2O3. The van der Waals surface area contributed by atoms with Crippen molar-refractivity contribution in [1.29, 1.82) is 0 Å². The zero-order valence-electron chi connectivity index (χ0n) is 14.8. The van der Waals surface area contributed by atoms with Crippen molar-refractivity contribution in [3.63, 3.8) is 0 Å². The quantitative estimate of drug-likeness (QED) is 0.806. The molecule has 1 atom stereocenters. The molecule has 0 spiro atoms. The second-order valence-corrected chi connectivity index (χ2v) is 6.82. The zero-order valence-corrected chi connectivity index (χ0v) is 14.8. The van der Waals surface area contributed by atoms with Gasteiger partial charge in [0.2, 0.25) is 11.8 Å². The topological polar surface area (TPSA) is 58.6 Å². The normalized spacial score (nSPS) is 20.4. The number of nitrogens with one attached hydrogen (secondary N) is 1. The highest BCUT2D eigenvalue weighted by atomic mass is 16.5. The highest BCUT2D eigenvalue weighted by molar-refractivity contribution is 5.97. The van der Waals surface area contributed by atoms with Crippen molar-refractivity contribution < 1.29 is 14.3 Å². The van der Waals surface area contributed by atoms with Crippen LogP contribution in [0.5, 0.6) is 5.75 Å². The highest BCUT2D eigenvalue weighted by Crippen LogP contribution is 2.24. The van der Waals surface area contributed by atoms with Gasteiger partial charge in [0.1, 0.15) is 5.75 Å². The lowest BCUT2D eigenvalue weighted by molar-refractivity contribution is -0.128. The molecule has 1 unspecified atom stereocenters. The van der Waals surface area contributed by atoms with Gasteiger partial charge in [0.15, 0.2) is 0 Å². The van der Waals surface area contributed by atoms with E-state index in [1.54, 1.807) is 31.4 Å². The van der Waals surface area contributed by atoms with Crippen LogP contribution in [0.3, 0.4) is 0 Å². The van der Waals surface area contributed by atoms with Crippen molar-refractivity contribution in [3.8, 4) is 5.75 Å². The summed E-state index contributed by atoms with van der Waals surface area (Å²) >= 11 is 0. The lowest BCUT2D eigenvalue weighted by Crippen LogP contribution is -2.29. The van der Waals surface area contributed by atoms with Crippen LogP contribution in [0.2, 0.25) is 0 Å². The summed E-state index contributed by atoms with van der Waals surface area (Å²) in [6.07, 6.45) is 8.42. The van der Waals surface area contributed by atoms with Crippen LogP contribution in [-0.4, -0.2) is 36.9 Å². The fourth-order valence-corrected chi connectivity index (χ4v) is 3.49. The Labute approximate surface area is 149 Å². The number of ether oxygens (including phenoxy) is 1. The van der Waals surface area contributed by atoms with Gasteiger partial charge in [-0.1, -0.05) is 11.6 Å². The molecule has 1 saturated heterocycles. The van der Waals surface area contributed by atoms with Gasteiger partial charge in [0.25, 0.3) is 0 Å². The Bertz CT molecular complexity index is 651. The van der Waals surface area contributed by atoms with Crippen molar-refractivity contribution in [2.45, 2.75) is 38.5 Å². The van der Waals surface area contributed by atoms with Gasteiger partial charge in [-0.25, -0.2) is 0 Å². The second-order valence-electron chi connectivity index (χ2n) is 6.82. The van der Waals surface area contributed by atoms with Gasteiger partial charge >= 0.3 is 0 Å². The van der Waals surface area contributed by atoms with Crippen LogP contribution < -0.4 is 10.1 Å². The lowest BCUT2D eigenvalue weighted by atomic mass is 9.97. The van der Waals surface area contributed by atoms with Crippen LogP contribution >= 0.6 is 0 Å². The van der Waals surface area contributed by atoms with Crippen LogP contribution in [0, 0.1) is 5.92 Å². The monoisotopic (exact) mass is 342 g/mol. The van der Waals surface area contributed by atoms with E-state index < -0.39 is 0 Å². The third-order valence-electron chi connectivity index (χ3n) is 5.03. The molecular weight excluding hydrogens is 316 g/mol. The maximum absolute atomic E-state index is 12.4. The largest absolute Gasteiger partial charge is 0.497 e. The molecule has 1 aromatic carbocycles. The van der Waals surface area contributed by atoms with Gasteiger partial charge in [-0.05, 0) is 56.4 Å². The molecule has 1 aliphatic carbocycles. The first-order valence-corrected chi connectivity index (χ1v) is 9.06. The third-order valence-corrected chi connectivity index (χ3v) is 5.03. The Hall–Kier alpha value is -2.30. The molecule has 1 aliphatic heterocycles. The van der Waals surface area contributed by atoms with Gasteiger partial charge in [0, 0.05) is 25.2 Å². The standard InChI is InChI=1S/C20H26N2O3/c1-25-18-9-7-17(8-10-18)21-20(24)16-13-19(23)22(14-16)12-11-15-5-3-2-4-6-15/h5,7-10,16H,2-4,6,11-14H2,1H3,(H,21,24). The Kier molecular flexibility index (Phi) is 5.74. The van der Waals surface area contributed by atoms with Crippen LogP contribution in [0.15, 0.2) is 35.9 Å². The molecule has 25 heavy (non-hydrogen) atoms. The van der Waals surface area contributed by atoms with Gasteiger partial charge in [-0.2, -0.15) is 0 Å². The molecule has 0 aromatic heterocycles. The molecule has 1 heterocycles. The summed E-state index contributed by atoms with van der Waals surface area (Å²) in [6.45, 7) is 1.26. The number of hydrogen-bond acceptors (Lipinski definition) is 3.